The Morgan fingerprint density at radius 3 is 2.74 bits per heavy atom. The lowest BCUT2D eigenvalue weighted by atomic mass is 10.2. The van der Waals surface area contributed by atoms with Gasteiger partial charge >= 0.3 is 6.03 Å². The summed E-state index contributed by atoms with van der Waals surface area (Å²) in [5, 5.41) is 9.75. The minimum Gasteiger partial charge on any atom is -0.355 e. The van der Waals surface area contributed by atoms with Crippen LogP contribution in [-0.2, 0) is 11.3 Å². The highest BCUT2D eigenvalue weighted by Crippen LogP contribution is 2.20. The van der Waals surface area contributed by atoms with Crippen molar-refractivity contribution >= 4 is 41.1 Å². The zero-order valence-corrected chi connectivity index (χ0v) is 14.0. The van der Waals surface area contributed by atoms with E-state index in [1.54, 1.807) is 19.2 Å². The average molecular weight is 358 g/mol. The van der Waals surface area contributed by atoms with Crippen LogP contribution in [0.1, 0.15) is 5.56 Å². The number of nitrogens with zero attached hydrogens (tertiary/aromatic N) is 2. The Hall–Kier alpha value is -1.99. The van der Waals surface area contributed by atoms with Crippen molar-refractivity contribution in [2.45, 2.75) is 6.54 Å². The first-order valence-corrected chi connectivity index (χ1v) is 7.73. The topological polar surface area (TPSA) is 85.8 Å². The molecule has 2 rings (SSSR count). The van der Waals surface area contributed by atoms with Crippen LogP contribution in [0.4, 0.5) is 4.79 Å². The SMILES string of the molecule is CN=C(NCCN1C(=O)CNC1=O)NCc1ccc(Cl)cc1Cl. The third-order valence-corrected chi connectivity index (χ3v) is 3.84. The Balaban J connectivity index is 1.79. The summed E-state index contributed by atoms with van der Waals surface area (Å²) in [4.78, 5) is 28.1. The van der Waals surface area contributed by atoms with Gasteiger partial charge in [0.2, 0.25) is 5.91 Å². The molecule has 0 aromatic heterocycles. The van der Waals surface area contributed by atoms with Crippen LogP contribution >= 0.6 is 23.2 Å². The van der Waals surface area contributed by atoms with E-state index in [1.165, 1.54) is 0 Å². The Morgan fingerprint density at radius 1 is 1.35 bits per heavy atom. The number of carbonyl (C=O) groups excluding carboxylic acids is 2. The van der Waals surface area contributed by atoms with Crippen LogP contribution in [0.15, 0.2) is 23.2 Å². The molecule has 0 unspecified atom stereocenters. The molecule has 3 N–H and O–H groups in total. The van der Waals surface area contributed by atoms with Gasteiger partial charge in [0.1, 0.15) is 0 Å². The molecule has 1 saturated heterocycles. The van der Waals surface area contributed by atoms with Gasteiger partial charge in [0.25, 0.3) is 0 Å². The van der Waals surface area contributed by atoms with Crippen molar-refractivity contribution in [2.24, 2.45) is 4.99 Å². The largest absolute Gasteiger partial charge is 0.355 e. The number of amides is 3. The number of halogens is 2. The summed E-state index contributed by atoms with van der Waals surface area (Å²) in [6, 6.07) is 4.90. The molecule has 1 aliphatic heterocycles. The third-order valence-electron chi connectivity index (χ3n) is 3.25. The number of urea groups is 1. The summed E-state index contributed by atoms with van der Waals surface area (Å²) in [5.74, 6) is 0.316. The molecule has 23 heavy (non-hydrogen) atoms. The summed E-state index contributed by atoms with van der Waals surface area (Å²) in [7, 11) is 1.63. The molecule has 0 bridgehead atoms. The second-order valence-corrected chi connectivity index (χ2v) is 5.64. The smallest absolute Gasteiger partial charge is 0.324 e. The van der Waals surface area contributed by atoms with Crippen molar-refractivity contribution in [3.8, 4) is 0 Å². The molecule has 0 radical (unpaired) electrons. The highest BCUT2D eigenvalue weighted by molar-refractivity contribution is 6.35. The quantitative estimate of drug-likeness (QED) is 0.420. The molecule has 124 valence electrons. The van der Waals surface area contributed by atoms with Gasteiger partial charge in [-0.1, -0.05) is 29.3 Å². The number of guanidine groups is 1. The number of imide groups is 1. The fourth-order valence-corrected chi connectivity index (χ4v) is 2.51. The van der Waals surface area contributed by atoms with Gasteiger partial charge in [0.05, 0.1) is 6.54 Å². The Bertz CT molecular complexity index is 620. The lowest BCUT2D eigenvalue weighted by molar-refractivity contribution is -0.124. The molecular weight excluding hydrogens is 341 g/mol. The normalized spacial score (nSPS) is 14.9. The van der Waals surface area contributed by atoms with Gasteiger partial charge in [-0.25, -0.2) is 4.79 Å². The second-order valence-electron chi connectivity index (χ2n) is 4.79. The van der Waals surface area contributed by atoms with Crippen LogP contribution in [0, 0.1) is 0 Å². The molecule has 0 aliphatic carbocycles. The van der Waals surface area contributed by atoms with E-state index in [9.17, 15) is 9.59 Å². The van der Waals surface area contributed by atoms with E-state index in [0.29, 0.717) is 29.1 Å². The van der Waals surface area contributed by atoms with E-state index in [2.05, 4.69) is 20.9 Å². The maximum absolute atomic E-state index is 11.4. The molecular formula is C14H17Cl2N5O2. The Morgan fingerprint density at radius 2 is 2.13 bits per heavy atom. The van der Waals surface area contributed by atoms with Crippen LogP contribution in [0.2, 0.25) is 10.0 Å². The van der Waals surface area contributed by atoms with Crippen molar-refractivity contribution in [3.05, 3.63) is 33.8 Å². The minimum atomic E-state index is -0.368. The van der Waals surface area contributed by atoms with Crippen molar-refractivity contribution in [1.29, 1.82) is 0 Å². The molecule has 7 nitrogen and oxygen atoms in total. The first-order chi connectivity index (χ1) is 11.0. The molecule has 0 spiro atoms. The standard InChI is InChI=1S/C14H17Cl2N5O2/c1-17-13(18-4-5-21-12(22)8-20-14(21)23)19-7-9-2-3-10(15)6-11(9)16/h2-3,6H,4-5,7-8H2,1H3,(H,20,23)(H2,17,18,19). The van der Waals surface area contributed by atoms with E-state index in [0.717, 1.165) is 10.5 Å². The van der Waals surface area contributed by atoms with Crippen LogP contribution in [0.25, 0.3) is 0 Å². The van der Waals surface area contributed by atoms with Gasteiger partial charge in [-0.2, -0.15) is 0 Å². The van der Waals surface area contributed by atoms with Crippen LogP contribution < -0.4 is 16.0 Å². The van der Waals surface area contributed by atoms with Crippen molar-refractivity contribution in [2.75, 3.05) is 26.7 Å². The maximum Gasteiger partial charge on any atom is 0.324 e. The zero-order chi connectivity index (χ0) is 16.8. The lowest BCUT2D eigenvalue weighted by Crippen LogP contribution is -2.43. The number of benzene rings is 1. The fraction of sp³-hybridized carbons (Fsp3) is 0.357. The summed E-state index contributed by atoms with van der Waals surface area (Å²) in [6.07, 6.45) is 0. The zero-order valence-electron chi connectivity index (χ0n) is 12.5. The first kappa shape index (κ1) is 17.4. The highest BCUT2D eigenvalue weighted by atomic mass is 35.5. The molecule has 1 heterocycles. The van der Waals surface area contributed by atoms with Crippen LogP contribution in [0.5, 0.6) is 0 Å². The van der Waals surface area contributed by atoms with Crippen molar-refractivity contribution in [1.82, 2.24) is 20.9 Å². The van der Waals surface area contributed by atoms with E-state index >= 15 is 0 Å². The van der Waals surface area contributed by atoms with E-state index in [4.69, 9.17) is 23.2 Å². The van der Waals surface area contributed by atoms with Crippen LogP contribution in [-0.4, -0.2) is 49.5 Å². The molecule has 9 heteroatoms. The highest BCUT2D eigenvalue weighted by Gasteiger charge is 2.27. The number of carbonyl (C=O) groups is 2. The van der Waals surface area contributed by atoms with Crippen LogP contribution in [0.3, 0.4) is 0 Å². The number of aliphatic imine (C=N–C) groups is 1. The van der Waals surface area contributed by atoms with Gasteiger partial charge in [0.15, 0.2) is 5.96 Å². The predicted octanol–water partition coefficient (Wildman–Crippen LogP) is 1.21. The molecule has 3 amide bonds. The average Bonchev–Trinajstić information content (AvgIpc) is 2.83. The summed E-state index contributed by atoms with van der Waals surface area (Å²) < 4.78 is 0. The van der Waals surface area contributed by atoms with Gasteiger partial charge in [0, 0.05) is 36.7 Å². The Labute approximate surface area is 144 Å². The van der Waals surface area contributed by atoms with E-state index in [-0.39, 0.29) is 25.0 Å². The van der Waals surface area contributed by atoms with Crippen molar-refractivity contribution in [3.63, 3.8) is 0 Å². The Kier molecular flexibility index (Phi) is 6.06. The molecule has 0 saturated carbocycles. The summed E-state index contributed by atoms with van der Waals surface area (Å²) >= 11 is 12.0. The third kappa shape index (κ3) is 4.74. The summed E-state index contributed by atoms with van der Waals surface area (Å²) in [6.45, 7) is 1.19. The maximum atomic E-state index is 11.4. The van der Waals surface area contributed by atoms with Gasteiger partial charge in [-0.15, -0.1) is 0 Å². The molecule has 1 fully saturated rings. The number of rotatable bonds is 5. The predicted molar refractivity (Wildman–Crippen MR) is 89.8 cm³/mol. The molecule has 1 aromatic rings. The fourth-order valence-electron chi connectivity index (χ4n) is 2.03. The number of nitrogens with one attached hydrogen (secondary N) is 3. The monoisotopic (exact) mass is 357 g/mol. The van der Waals surface area contributed by atoms with E-state index in [1.807, 2.05) is 6.07 Å². The van der Waals surface area contributed by atoms with E-state index < -0.39 is 0 Å². The van der Waals surface area contributed by atoms with Gasteiger partial charge in [-0.05, 0) is 17.7 Å². The van der Waals surface area contributed by atoms with Gasteiger partial charge in [-0.3, -0.25) is 14.7 Å². The summed E-state index contributed by atoms with van der Waals surface area (Å²) in [5.41, 5.74) is 0.883. The molecule has 0 atom stereocenters. The van der Waals surface area contributed by atoms with Gasteiger partial charge < -0.3 is 16.0 Å². The molecule has 1 aromatic carbocycles. The minimum absolute atomic E-state index is 0.0564. The second kappa shape index (κ2) is 8.03. The molecule has 1 aliphatic rings. The number of hydrogen-bond donors (Lipinski definition) is 3. The first-order valence-electron chi connectivity index (χ1n) is 6.98. The number of hydrogen-bond acceptors (Lipinski definition) is 3. The lowest BCUT2D eigenvalue weighted by Gasteiger charge is -2.15. The van der Waals surface area contributed by atoms with Crippen molar-refractivity contribution < 1.29 is 9.59 Å².